The smallest absolute Gasteiger partial charge is 0.252 e. The van der Waals surface area contributed by atoms with E-state index >= 15 is 0 Å². The van der Waals surface area contributed by atoms with Crippen LogP contribution in [-0.4, -0.2) is 42.9 Å². The van der Waals surface area contributed by atoms with Gasteiger partial charge in [0.1, 0.15) is 5.54 Å². The van der Waals surface area contributed by atoms with Gasteiger partial charge in [0.05, 0.1) is 5.75 Å². The van der Waals surface area contributed by atoms with Gasteiger partial charge in [0.2, 0.25) is 10.0 Å². The third-order valence-electron chi connectivity index (χ3n) is 4.59. The van der Waals surface area contributed by atoms with Crippen LogP contribution >= 0.6 is 12.4 Å². The Labute approximate surface area is 165 Å². The fourth-order valence-corrected chi connectivity index (χ4v) is 3.68. The Kier molecular flexibility index (Phi) is 6.85. The van der Waals surface area contributed by atoms with Crippen LogP contribution in [0.15, 0.2) is 42.7 Å². The molecular formula is C17H24ClN5O3S. The largest absolute Gasteiger partial charge is 0.324 e. The van der Waals surface area contributed by atoms with Crippen LogP contribution in [0.1, 0.15) is 19.8 Å². The van der Waals surface area contributed by atoms with Crippen LogP contribution in [0.2, 0.25) is 0 Å². The molecule has 8 nitrogen and oxygen atoms in total. The molecule has 2 heterocycles. The fourth-order valence-electron chi connectivity index (χ4n) is 3.04. The number of aromatic nitrogens is 2. The number of carbonyl (C=O) groups is 1. The summed E-state index contributed by atoms with van der Waals surface area (Å²) in [7, 11) is -3.32. The topological polar surface area (TPSA) is 105 Å². The Balaban J connectivity index is 0.00000261. The standard InChI is InChI=1S/C17H23N5O3S.ClH/c1-2-26(24,25)21-15-6-4-14(5-7-15)20-16(23)17(8-11-18-12-9-17)22-13-3-10-19-22;/h3-7,10,13,18,21H,2,8-9,11-12H2,1H3,(H,20,23);1H. The number of halogens is 1. The van der Waals surface area contributed by atoms with Gasteiger partial charge in [-0.3, -0.25) is 14.2 Å². The van der Waals surface area contributed by atoms with Gasteiger partial charge in [-0.1, -0.05) is 0 Å². The first-order valence-corrected chi connectivity index (χ1v) is 10.2. The molecule has 0 radical (unpaired) electrons. The van der Waals surface area contributed by atoms with Crippen LogP contribution in [0.3, 0.4) is 0 Å². The third kappa shape index (κ3) is 4.79. The number of rotatable bonds is 6. The lowest BCUT2D eigenvalue weighted by Gasteiger charge is -2.36. The van der Waals surface area contributed by atoms with Crippen LogP contribution in [-0.2, 0) is 20.4 Å². The monoisotopic (exact) mass is 413 g/mol. The molecule has 1 aliphatic heterocycles. The maximum atomic E-state index is 13.0. The van der Waals surface area contributed by atoms with Crippen molar-refractivity contribution < 1.29 is 13.2 Å². The van der Waals surface area contributed by atoms with E-state index in [1.54, 1.807) is 42.1 Å². The molecule has 10 heteroatoms. The molecule has 1 aromatic carbocycles. The molecule has 1 aliphatic rings. The van der Waals surface area contributed by atoms with Gasteiger partial charge < -0.3 is 10.6 Å². The van der Waals surface area contributed by atoms with Gasteiger partial charge in [0.25, 0.3) is 5.91 Å². The second kappa shape index (κ2) is 8.73. The maximum Gasteiger partial charge on any atom is 0.252 e. The molecule has 1 aromatic heterocycles. The molecule has 1 fully saturated rings. The highest BCUT2D eigenvalue weighted by Gasteiger charge is 2.42. The number of carbonyl (C=O) groups excluding carboxylic acids is 1. The predicted molar refractivity (Wildman–Crippen MR) is 108 cm³/mol. The van der Waals surface area contributed by atoms with E-state index in [4.69, 9.17) is 0 Å². The third-order valence-corrected chi connectivity index (χ3v) is 5.90. The first-order valence-electron chi connectivity index (χ1n) is 8.58. The molecule has 0 aliphatic carbocycles. The van der Waals surface area contributed by atoms with Gasteiger partial charge in [-0.05, 0) is 63.2 Å². The molecular weight excluding hydrogens is 390 g/mol. The lowest BCUT2D eigenvalue weighted by Crippen LogP contribution is -2.52. The Morgan fingerprint density at radius 3 is 2.41 bits per heavy atom. The van der Waals surface area contributed by atoms with Crippen molar-refractivity contribution in [3.05, 3.63) is 42.7 Å². The minimum Gasteiger partial charge on any atom is -0.324 e. The van der Waals surface area contributed by atoms with E-state index in [1.807, 2.05) is 12.3 Å². The van der Waals surface area contributed by atoms with Crippen molar-refractivity contribution in [2.45, 2.75) is 25.3 Å². The van der Waals surface area contributed by atoms with Crippen molar-refractivity contribution >= 4 is 39.7 Å². The van der Waals surface area contributed by atoms with Gasteiger partial charge in [-0.15, -0.1) is 12.4 Å². The van der Waals surface area contributed by atoms with E-state index in [0.29, 0.717) is 24.2 Å². The number of amides is 1. The fraction of sp³-hybridized carbons (Fsp3) is 0.412. The molecule has 3 rings (SSSR count). The molecule has 0 bridgehead atoms. The van der Waals surface area contributed by atoms with E-state index in [-0.39, 0.29) is 24.1 Å². The Hall–Kier alpha value is -2.10. The van der Waals surface area contributed by atoms with Crippen molar-refractivity contribution in [2.75, 3.05) is 28.9 Å². The summed E-state index contributed by atoms with van der Waals surface area (Å²) >= 11 is 0. The first-order chi connectivity index (χ1) is 12.5. The zero-order chi connectivity index (χ0) is 18.6. The molecule has 0 atom stereocenters. The van der Waals surface area contributed by atoms with E-state index in [1.165, 1.54) is 0 Å². The molecule has 0 saturated carbocycles. The number of benzene rings is 1. The van der Waals surface area contributed by atoms with E-state index < -0.39 is 15.6 Å². The molecule has 2 aromatic rings. The first kappa shape index (κ1) is 21.2. The van der Waals surface area contributed by atoms with Gasteiger partial charge >= 0.3 is 0 Å². The number of piperidine rings is 1. The highest BCUT2D eigenvalue weighted by atomic mass is 35.5. The Morgan fingerprint density at radius 1 is 1.22 bits per heavy atom. The van der Waals surface area contributed by atoms with Crippen LogP contribution in [0.5, 0.6) is 0 Å². The number of hydrogen-bond acceptors (Lipinski definition) is 5. The molecule has 0 spiro atoms. The lowest BCUT2D eigenvalue weighted by molar-refractivity contribution is -0.126. The average Bonchev–Trinajstić information content (AvgIpc) is 3.19. The molecule has 1 amide bonds. The van der Waals surface area contributed by atoms with Crippen LogP contribution in [0.4, 0.5) is 11.4 Å². The van der Waals surface area contributed by atoms with E-state index in [2.05, 4.69) is 20.5 Å². The van der Waals surface area contributed by atoms with Crippen molar-refractivity contribution in [3.63, 3.8) is 0 Å². The van der Waals surface area contributed by atoms with Gasteiger partial charge in [0, 0.05) is 23.8 Å². The van der Waals surface area contributed by atoms with Crippen molar-refractivity contribution in [3.8, 4) is 0 Å². The number of anilines is 2. The second-order valence-electron chi connectivity index (χ2n) is 6.27. The summed E-state index contributed by atoms with van der Waals surface area (Å²) in [6.45, 7) is 3.06. The van der Waals surface area contributed by atoms with Gasteiger partial charge in [-0.2, -0.15) is 5.10 Å². The van der Waals surface area contributed by atoms with Gasteiger partial charge in [0.15, 0.2) is 0 Å². The molecule has 0 unspecified atom stereocenters. The highest BCUT2D eigenvalue weighted by Crippen LogP contribution is 2.29. The highest BCUT2D eigenvalue weighted by molar-refractivity contribution is 7.92. The SMILES string of the molecule is CCS(=O)(=O)Nc1ccc(NC(=O)C2(n3cccn3)CCNCC2)cc1.Cl. The van der Waals surface area contributed by atoms with Crippen LogP contribution in [0.25, 0.3) is 0 Å². The predicted octanol–water partition coefficient (Wildman–Crippen LogP) is 1.78. The summed E-state index contributed by atoms with van der Waals surface area (Å²) in [5.74, 6) is -0.115. The Morgan fingerprint density at radius 2 is 1.85 bits per heavy atom. The van der Waals surface area contributed by atoms with E-state index in [9.17, 15) is 13.2 Å². The lowest BCUT2D eigenvalue weighted by atomic mass is 9.87. The minimum absolute atomic E-state index is 0. The van der Waals surface area contributed by atoms with Crippen LogP contribution in [0, 0.1) is 0 Å². The number of hydrogen-bond donors (Lipinski definition) is 3. The molecule has 1 saturated heterocycles. The molecule has 27 heavy (non-hydrogen) atoms. The quantitative estimate of drug-likeness (QED) is 0.669. The summed E-state index contributed by atoms with van der Waals surface area (Å²) in [4.78, 5) is 13.0. The average molecular weight is 414 g/mol. The van der Waals surface area contributed by atoms with Crippen molar-refractivity contribution in [1.82, 2.24) is 15.1 Å². The summed E-state index contributed by atoms with van der Waals surface area (Å²) < 4.78 is 27.4. The van der Waals surface area contributed by atoms with Crippen molar-refractivity contribution in [2.24, 2.45) is 0 Å². The minimum atomic E-state index is -3.32. The number of sulfonamides is 1. The molecule has 3 N–H and O–H groups in total. The Bertz CT molecular complexity index is 847. The number of nitrogens with one attached hydrogen (secondary N) is 3. The van der Waals surface area contributed by atoms with Crippen molar-refractivity contribution in [1.29, 1.82) is 0 Å². The van der Waals surface area contributed by atoms with E-state index in [0.717, 1.165) is 13.1 Å². The maximum absolute atomic E-state index is 13.0. The van der Waals surface area contributed by atoms with Gasteiger partial charge in [-0.25, -0.2) is 8.42 Å². The normalized spacial score (nSPS) is 16.2. The molecule has 148 valence electrons. The number of nitrogens with zero attached hydrogens (tertiary/aromatic N) is 2. The second-order valence-corrected chi connectivity index (χ2v) is 8.28. The summed E-state index contributed by atoms with van der Waals surface area (Å²) in [5, 5.41) is 10.5. The summed E-state index contributed by atoms with van der Waals surface area (Å²) in [6, 6.07) is 8.44. The summed E-state index contributed by atoms with van der Waals surface area (Å²) in [6.07, 6.45) is 4.78. The zero-order valence-electron chi connectivity index (χ0n) is 15.0. The summed E-state index contributed by atoms with van der Waals surface area (Å²) in [5.41, 5.74) is 0.352. The van der Waals surface area contributed by atoms with Crippen LogP contribution < -0.4 is 15.4 Å². The zero-order valence-corrected chi connectivity index (χ0v) is 16.6.